The minimum Gasteiger partial charge on any atom is -0.493 e. The van der Waals surface area contributed by atoms with Crippen LogP contribution in [0.1, 0.15) is 56.0 Å². The molecule has 0 amide bonds. The van der Waals surface area contributed by atoms with E-state index in [1.54, 1.807) is 7.11 Å². The van der Waals surface area contributed by atoms with Crippen LogP contribution in [-0.2, 0) is 4.74 Å². The molecule has 0 saturated carbocycles. The number of nitrogens with zero attached hydrogens (tertiary/aromatic N) is 4. The van der Waals surface area contributed by atoms with Gasteiger partial charge in [0.25, 0.3) is 0 Å². The number of benzene rings is 1. The molecule has 0 bridgehead atoms. The standard InChI is InChI=1S/C26H38N4O3/c1-19-27-23-17-25(33-14-5-11-29-9-3-4-10-29)24(31-2)16-22(23)26(28-19)20-6-12-30(13-7-20)21-8-15-32-18-21/h16-17,20-21H,3-15,18H2,1-2H3. The Kier molecular flexibility index (Phi) is 7.28. The highest BCUT2D eigenvalue weighted by Crippen LogP contribution is 2.38. The molecule has 3 aliphatic rings. The van der Waals surface area contributed by atoms with Crippen LogP contribution in [0, 0.1) is 6.92 Å². The minimum atomic E-state index is 0.449. The van der Waals surface area contributed by atoms with Gasteiger partial charge in [-0.1, -0.05) is 0 Å². The van der Waals surface area contributed by atoms with E-state index in [0.717, 1.165) is 86.8 Å². The van der Waals surface area contributed by atoms with E-state index < -0.39 is 0 Å². The summed E-state index contributed by atoms with van der Waals surface area (Å²) >= 11 is 0. The zero-order valence-electron chi connectivity index (χ0n) is 20.2. The van der Waals surface area contributed by atoms with E-state index in [0.29, 0.717) is 18.6 Å². The van der Waals surface area contributed by atoms with E-state index in [1.165, 1.54) is 31.6 Å². The second kappa shape index (κ2) is 10.5. The average Bonchev–Trinajstić information content (AvgIpc) is 3.55. The Balaban J connectivity index is 1.30. The summed E-state index contributed by atoms with van der Waals surface area (Å²) in [5, 5.41) is 1.10. The molecule has 2 aromatic rings. The fourth-order valence-corrected chi connectivity index (χ4v) is 5.69. The number of likely N-dealkylation sites (tertiary alicyclic amines) is 2. The quantitative estimate of drug-likeness (QED) is 0.563. The molecule has 4 heterocycles. The van der Waals surface area contributed by atoms with Crippen molar-refractivity contribution < 1.29 is 14.2 Å². The van der Waals surface area contributed by atoms with Gasteiger partial charge in [0, 0.05) is 36.6 Å². The van der Waals surface area contributed by atoms with Gasteiger partial charge in [-0.25, -0.2) is 9.97 Å². The van der Waals surface area contributed by atoms with E-state index >= 15 is 0 Å². The smallest absolute Gasteiger partial charge is 0.163 e. The number of aromatic nitrogens is 2. The Bertz CT molecular complexity index is 933. The lowest BCUT2D eigenvalue weighted by Gasteiger charge is -2.35. The molecule has 5 rings (SSSR count). The molecule has 1 unspecified atom stereocenters. The molecule has 180 valence electrons. The number of hydrogen-bond donors (Lipinski definition) is 0. The fourth-order valence-electron chi connectivity index (χ4n) is 5.69. The maximum absolute atomic E-state index is 6.16. The summed E-state index contributed by atoms with van der Waals surface area (Å²) in [7, 11) is 1.72. The van der Waals surface area contributed by atoms with Gasteiger partial charge in [-0.05, 0) is 77.7 Å². The van der Waals surface area contributed by atoms with Crippen molar-refractivity contribution >= 4 is 10.9 Å². The van der Waals surface area contributed by atoms with Crippen molar-refractivity contribution in [2.75, 3.05) is 59.7 Å². The van der Waals surface area contributed by atoms with Crippen molar-refractivity contribution in [3.63, 3.8) is 0 Å². The third-order valence-corrected chi connectivity index (χ3v) is 7.54. The molecule has 0 spiro atoms. The first kappa shape index (κ1) is 22.8. The molecule has 1 atom stereocenters. The molecule has 0 aliphatic carbocycles. The lowest BCUT2D eigenvalue weighted by atomic mass is 9.90. The second-order valence-electron chi connectivity index (χ2n) is 9.75. The largest absolute Gasteiger partial charge is 0.493 e. The summed E-state index contributed by atoms with van der Waals surface area (Å²) in [6.45, 7) is 10.3. The predicted molar refractivity (Wildman–Crippen MR) is 129 cm³/mol. The van der Waals surface area contributed by atoms with Crippen molar-refractivity contribution in [2.24, 2.45) is 0 Å². The van der Waals surface area contributed by atoms with Crippen molar-refractivity contribution in [2.45, 2.75) is 57.4 Å². The molecule has 3 fully saturated rings. The maximum atomic E-state index is 6.16. The molecule has 7 heteroatoms. The van der Waals surface area contributed by atoms with Gasteiger partial charge in [0.1, 0.15) is 5.82 Å². The molecule has 0 radical (unpaired) electrons. The zero-order chi connectivity index (χ0) is 22.6. The zero-order valence-corrected chi connectivity index (χ0v) is 20.2. The van der Waals surface area contributed by atoms with Crippen LogP contribution in [0.2, 0.25) is 0 Å². The number of ether oxygens (including phenoxy) is 3. The third kappa shape index (κ3) is 5.26. The van der Waals surface area contributed by atoms with Crippen LogP contribution < -0.4 is 9.47 Å². The van der Waals surface area contributed by atoms with Crippen LogP contribution in [-0.4, -0.2) is 85.5 Å². The molecule has 3 aliphatic heterocycles. The summed E-state index contributed by atoms with van der Waals surface area (Å²) in [6, 6.07) is 4.74. The highest BCUT2D eigenvalue weighted by atomic mass is 16.5. The number of fused-ring (bicyclic) bond motifs is 1. The summed E-state index contributed by atoms with van der Waals surface area (Å²) in [5.41, 5.74) is 2.12. The number of piperidine rings is 1. The number of methoxy groups -OCH3 is 1. The fraction of sp³-hybridized carbons (Fsp3) is 0.692. The van der Waals surface area contributed by atoms with Crippen LogP contribution in [0.25, 0.3) is 10.9 Å². The first-order valence-electron chi connectivity index (χ1n) is 12.7. The van der Waals surface area contributed by atoms with Gasteiger partial charge in [-0.2, -0.15) is 0 Å². The van der Waals surface area contributed by atoms with Crippen molar-refractivity contribution in [3.8, 4) is 11.5 Å². The Labute approximate surface area is 197 Å². The Morgan fingerprint density at radius 3 is 2.58 bits per heavy atom. The first-order valence-corrected chi connectivity index (χ1v) is 12.7. The van der Waals surface area contributed by atoms with Crippen LogP contribution in [0.4, 0.5) is 0 Å². The summed E-state index contributed by atoms with van der Waals surface area (Å²) in [6.07, 6.45) is 7.10. The Hall–Kier alpha value is -1.96. The van der Waals surface area contributed by atoms with Crippen LogP contribution in [0.3, 0.4) is 0 Å². The lowest BCUT2D eigenvalue weighted by molar-refractivity contribution is 0.121. The summed E-state index contributed by atoms with van der Waals surface area (Å²) in [4.78, 5) is 14.8. The molecular formula is C26H38N4O3. The van der Waals surface area contributed by atoms with Gasteiger partial charge in [0.2, 0.25) is 0 Å². The monoisotopic (exact) mass is 454 g/mol. The van der Waals surface area contributed by atoms with Gasteiger partial charge in [0.05, 0.1) is 31.5 Å². The van der Waals surface area contributed by atoms with Crippen molar-refractivity contribution in [3.05, 3.63) is 23.7 Å². The van der Waals surface area contributed by atoms with Gasteiger partial charge in [-0.3, -0.25) is 4.90 Å². The van der Waals surface area contributed by atoms with E-state index in [9.17, 15) is 0 Å². The van der Waals surface area contributed by atoms with Gasteiger partial charge in [0.15, 0.2) is 11.5 Å². The summed E-state index contributed by atoms with van der Waals surface area (Å²) in [5.74, 6) is 2.84. The maximum Gasteiger partial charge on any atom is 0.163 e. The van der Waals surface area contributed by atoms with Crippen LogP contribution >= 0.6 is 0 Å². The number of rotatable bonds is 8. The van der Waals surface area contributed by atoms with Crippen molar-refractivity contribution in [1.29, 1.82) is 0 Å². The van der Waals surface area contributed by atoms with E-state index in [2.05, 4.69) is 15.9 Å². The van der Waals surface area contributed by atoms with E-state index in [-0.39, 0.29) is 0 Å². The molecule has 1 aromatic heterocycles. The molecule has 0 N–H and O–H groups in total. The van der Waals surface area contributed by atoms with E-state index in [4.69, 9.17) is 24.2 Å². The van der Waals surface area contributed by atoms with Crippen LogP contribution in [0.15, 0.2) is 12.1 Å². The van der Waals surface area contributed by atoms with E-state index in [1.807, 2.05) is 13.0 Å². The molecule has 7 nitrogen and oxygen atoms in total. The normalized spacial score (nSPS) is 22.9. The SMILES string of the molecule is COc1cc2c(C3CCN(C4CCOC4)CC3)nc(C)nc2cc1OCCCN1CCCC1. The Morgan fingerprint density at radius 1 is 1.03 bits per heavy atom. The minimum absolute atomic E-state index is 0.449. The summed E-state index contributed by atoms with van der Waals surface area (Å²) < 4.78 is 17.5. The molecule has 33 heavy (non-hydrogen) atoms. The molecule has 3 saturated heterocycles. The highest BCUT2D eigenvalue weighted by Gasteiger charge is 2.30. The lowest BCUT2D eigenvalue weighted by Crippen LogP contribution is -2.41. The molecular weight excluding hydrogens is 416 g/mol. The molecule has 1 aromatic carbocycles. The third-order valence-electron chi connectivity index (χ3n) is 7.54. The van der Waals surface area contributed by atoms with Gasteiger partial charge in [-0.15, -0.1) is 0 Å². The van der Waals surface area contributed by atoms with Crippen molar-refractivity contribution in [1.82, 2.24) is 19.8 Å². The number of aryl methyl sites for hydroxylation is 1. The topological polar surface area (TPSA) is 60.0 Å². The highest BCUT2D eigenvalue weighted by molar-refractivity contribution is 5.85. The number of hydrogen-bond acceptors (Lipinski definition) is 7. The van der Waals surface area contributed by atoms with Gasteiger partial charge >= 0.3 is 0 Å². The Morgan fingerprint density at radius 2 is 1.85 bits per heavy atom. The predicted octanol–water partition coefficient (Wildman–Crippen LogP) is 3.78. The van der Waals surface area contributed by atoms with Gasteiger partial charge < -0.3 is 19.1 Å². The average molecular weight is 455 g/mol. The second-order valence-corrected chi connectivity index (χ2v) is 9.75. The first-order chi connectivity index (χ1) is 16.2. The van der Waals surface area contributed by atoms with Crippen LogP contribution in [0.5, 0.6) is 11.5 Å².